The molecule has 0 atom stereocenters. The summed E-state index contributed by atoms with van der Waals surface area (Å²) in [5.74, 6) is 0.300. The minimum absolute atomic E-state index is 0.0475. The van der Waals surface area contributed by atoms with Crippen molar-refractivity contribution in [3.63, 3.8) is 0 Å². The van der Waals surface area contributed by atoms with Crippen molar-refractivity contribution < 1.29 is 9.18 Å². The third kappa shape index (κ3) is 3.57. The summed E-state index contributed by atoms with van der Waals surface area (Å²) < 4.78 is 13.0. The Hall–Kier alpha value is -2.80. The highest BCUT2D eigenvalue weighted by atomic mass is 32.1. The highest BCUT2D eigenvalue weighted by molar-refractivity contribution is 7.10. The van der Waals surface area contributed by atoms with Crippen LogP contribution in [0.1, 0.15) is 10.4 Å². The first-order chi connectivity index (χ1) is 12.7. The Kier molecular flexibility index (Phi) is 4.62. The molecule has 5 nitrogen and oxygen atoms in total. The molecule has 1 aliphatic heterocycles. The van der Waals surface area contributed by atoms with Gasteiger partial charge in [-0.05, 0) is 59.8 Å². The molecule has 26 heavy (non-hydrogen) atoms. The van der Waals surface area contributed by atoms with E-state index in [2.05, 4.69) is 27.0 Å². The number of anilines is 1. The van der Waals surface area contributed by atoms with E-state index in [0.717, 1.165) is 18.5 Å². The lowest BCUT2D eigenvalue weighted by atomic mass is 10.1. The highest BCUT2D eigenvalue weighted by Gasteiger charge is 2.21. The van der Waals surface area contributed by atoms with Crippen LogP contribution in [0, 0.1) is 5.82 Å². The molecule has 132 valence electrons. The number of rotatable bonds is 4. The molecule has 1 amide bonds. The summed E-state index contributed by atoms with van der Waals surface area (Å²) in [6, 6.07) is 11.7. The van der Waals surface area contributed by atoms with Gasteiger partial charge in [0.05, 0.1) is 12.2 Å². The van der Waals surface area contributed by atoms with E-state index in [1.54, 1.807) is 35.6 Å². The smallest absolute Gasteiger partial charge is 0.242 e. The van der Waals surface area contributed by atoms with Crippen LogP contribution in [0.2, 0.25) is 0 Å². The first kappa shape index (κ1) is 16.7. The summed E-state index contributed by atoms with van der Waals surface area (Å²) in [6.45, 7) is 1.61. The lowest BCUT2D eigenvalue weighted by Crippen LogP contribution is -2.38. The molecular weight excluding hydrogens is 351 g/mol. The van der Waals surface area contributed by atoms with Gasteiger partial charge in [-0.3, -0.25) is 4.79 Å². The van der Waals surface area contributed by atoms with Gasteiger partial charge >= 0.3 is 0 Å². The molecule has 0 radical (unpaired) electrons. The molecule has 0 saturated carbocycles. The van der Waals surface area contributed by atoms with Crippen molar-refractivity contribution in [2.75, 3.05) is 18.4 Å². The summed E-state index contributed by atoms with van der Waals surface area (Å²) in [5, 5.41) is 13.3. The Morgan fingerprint density at radius 2 is 2.00 bits per heavy atom. The Bertz CT molecular complexity index is 908. The molecule has 1 N–H and O–H groups in total. The SMILES string of the molecule is O=C(CNc1ccc(-c2ccc(F)cc2)nn1)N1CCc2sccc2C1. The maximum atomic E-state index is 13.0. The number of nitrogens with one attached hydrogen (secondary N) is 1. The van der Waals surface area contributed by atoms with Crippen LogP contribution in [0.15, 0.2) is 47.8 Å². The van der Waals surface area contributed by atoms with Crippen molar-refractivity contribution in [3.8, 4) is 11.3 Å². The molecule has 3 heterocycles. The lowest BCUT2D eigenvalue weighted by Gasteiger charge is -2.27. The zero-order chi connectivity index (χ0) is 17.9. The zero-order valence-corrected chi connectivity index (χ0v) is 14.8. The van der Waals surface area contributed by atoms with Gasteiger partial charge < -0.3 is 10.2 Å². The minimum atomic E-state index is -0.286. The molecule has 2 aromatic heterocycles. The van der Waals surface area contributed by atoms with Crippen molar-refractivity contribution in [2.45, 2.75) is 13.0 Å². The molecular formula is C19H17FN4OS. The van der Waals surface area contributed by atoms with Crippen molar-refractivity contribution in [2.24, 2.45) is 0 Å². The number of nitrogens with zero attached hydrogens (tertiary/aromatic N) is 3. The second-order valence-corrected chi connectivity index (χ2v) is 7.10. The third-order valence-electron chi connectivity index (χ3n) is 4.39. The molecule has 0 unspecified atom stereocenters. The summed E-state index contributed by atoms with van der Waals surface area (Å²) in [6.07, 6.45) is 0.922. The predicted octanol–water partition coefficient (Wildman–Crippen LogP) is 3.34. The lowest BCUT2D eigenvalue weighted by molar-refractivity contribution is -0.130. The molecule has 0 fully saturated rings. The molecule has 0 saturated heterocycles. The zero-order valence-electron chi connectivity index (χ0n) is 14.0. The first-order valence-corrected chi connectivity index (χ1v) is 9.23. The fourth-order valence-corrected chi connectivity index (χ4v) is 3.83. The molecule has 0 aliphatic carbocycles. The summed E-state index contributed by atoms with van der Waals surface area (Å²) >= 11 is 1.76. The number of thiophene rings is 1. The first-order valence-electron chi connectivity index (χ1n) is 8.35. The van der Waals surface area contributed by atoms with E-state index in [9.17, 15) is 9.18 Å². The second kappa shape index (κ2) is 7.21. The summed E-state index contributed by atoms with van der Waals surface area (Å²) in [7, 11) is 0. The molecule has 3 aromatic rings. The number of benzene rings is 1. The van der Waals surface area contributed by atoms with Crippen molar-refractivity contribution in [3.05, 3.63) is 64.1 Å². The number of carbonyl (C=O) groups excluding carboxylic acids is 1. The number of amides is 1. The Morgan fingerprint density at radius 1 is 1.15 bits per heavy atom. The molecule has 7 heteroatoms. The highest BCUT2D eigenvalue weighted by Crippen LogP contribution is 2.24. The number of carbonyl (C=O) groups is 1. The van der Waals surface area contributed by atoms with Gasteiger partial charge in [-0.25, -0.2) is 4.39 Å². The normalized spacial score (nSPS) is 13.3. The fourth-order valence-electron chi connectivity index (χ4n) is 2.94. The van der Waals surface area contributed by atoms with Crippen LogP contribution in [-0.4, -0.2) is 34.1 Å². The van der Waals surface area contributed by atoms with Crippen LogP contribution in [-0.2, 0) is 17.8 Å². The number of fused-ring (bicyclic) bond motifs is 1. The molecule has 1 aliphatic rings. The van der Waals surface area contributed by atoms with Crippen LogP contribution in [0.25, 0.3) is 11.3 Å². The largest absolute Gasteiger partial charge is 0.360 e. The second-order valence-electron chi connectivity index (χ2n) is 6.10. The van der Waals surface area contributed by atoms with Crippen LogP contribution in [0.3, 0.4) is 0 Å². The van der Waals surface area contributed by atoms with Gasteiger partial charge in [0.2, 0.25) is 5.91 Å². The van der Waals surface area contributed by atoms with E-state index < -0.39 is 0 Å². The monoisotopic (exact) mass is 368 g/mol. The van der Waals surface area contributed by atoms with Gasteiger partial charge in [0.1, 0.15) is 11.6 Å². The van der Waals surface area contributed by atoms with E-state index in [-0.39, 0.29) is 18.3 Å². The quantitative estimate of drug-likeness (QED) is 0.767. The van der Waals surface area contributed by atoms with Gasteiger partial charge in [-0.2, -0.15) is 0 Å². The van der Waals surface area contributed by atoms with Crippen molar-refractivity contribution in [1.82, 2.24) is 15.1 Å². The summed E-state index contributed by atoms with van der Waals surface area (Å²) in [5.41, 5.74) is 2.70. The van der Waals surface area contributed by atoms with E-state index in [0.29, 0.717) is 18.1 Å². The van der Waals surface area contributed by atoms with Gasteiger partial charge in [0, 0.05) is 23.5 Å². The van der Waals surface area contributed by atoms with Crippen molar-refractivity contribution in [1.29, 1.82) is 0 Å². The summed E-state index contributed by atoms with van der Waals surface area (Å²) in [4.78, 5) is 15.6. The average molecular weight is 368 g/mol. The Morgan fingerprint density at radius 3 is 2.77 bits per heavy atom. The van der Waals surface area contributed by atoms with Crippen LogP contribution < -0.4 is 5.32 Å². The van der Waals surface area contributed by atoms with E-state index >= 15 is 0 Å². The molecule has 4 rings (SSSR count). The molecule has 0 bridgehead atoms. The maximum Gasteiger partial charge on any atom is 0.242 e. The number of hydrogen-bond acceptors (Lipinski definition) is 5. The van der Waals surface area contributed by atoms with Gasteiger partial charge in [-0.15, -0.1) is 21.5 Å². The standard InChI is InChI=1S/C19H17FN4OS/c20-15-3-1-13(2-4-15)16-5-6-18(23-22-16)21-11-19(25)24-9-7-17-14(12-24)8-10-26-17/h1-6,8,10H,7,9,11-12H2,(H,21,23). The van der Waals surface area contributed by atoms with E-state index in [1.165, 1.54) is 22.6 Å². The number of hydrogen-bond donors (Lipinski definition) is 1. The topological polar surface area (TPSA) is 58.1 Å². The van der Waals surface area contributed by atoms with Gasteiger partial charge in [0.15, 0.2) is 0 Å². The number of aromatic nitrogens is 2. The predicted molar refractivity (Wildman–Crippen MR) is 99.4 cm³/mol. The van der Waals surface area contributed by atoms with Crippen molar-refractivity contribution >= 4 is 23.1 Å². The third-order valence-corrected chi connectivity index (χ3v) is 5.41. The average Bonchev–Trinajstić information content (AvgIpc) is 3.15. The van der Waals surface area contributed by atoms with Crippen LogP contribution in [0.4, 0.5) is 10.2 Å². The number of halogens is 1. The Balaban J connectivity index is 1.34. The Labute approximate surface area is 154 Å². The molecule has 1 aromatic carbocycles. The van der Waals surface area contributed by atoms with Crippen LogP contribution >= 0.6 is 11.3 Å². The molecule has 0 spiro atoms. The minimum Gasteiger partial charge on any atom is -0.360 e. The maximum absolute atomic E-state index is 13.0. The van der Waals surface area contributed by atoms with E-state index in [1.807, 2.05) is 4.90 Å². The van der Waals surface area contributed by atoms with E-state index in [4.69, 9.17) is 0 Å². The van der Waals surface area contributed by atoms with Crippen LogP contribution in [0.5, 0.6) is 0 Å². The van der Waals surface area contributed by atoms with Gasteiger partial charge in [0.25, 0.3) is 0 Å². The van der Waals surface area contributed by atoms with Gasteiger partial charge in [-0.1, -0.05) is 0 Å². The fraction of sp³-hybridized carbons (Fsp3) is 0.211.